The highest BCUT2D eigenvalue weighted by Gasteiger charge is 2.32. The van der Waals surface area contributed by atoms with Crippen LogP contribution in [0.15, 0.2) is 73.4 Å². The molecular weight excluding hydrogens is 412 g/mol. The van der Waals surface area contributed by atoms with Gasteiger partial charge in [0.25, 0.3) is 5.91 Å². The summed E-state index contributed by atoms with van der Waals surface area (Å²) in [5.74, 6) is 0.592. The number of likely N-dealkylation sites (tertiary alicyclic amines) is 1. The average molecular weight is 431 g/mol. The molecule has 1 saturated heterocycles. The Bertz CT molecular complexity index is 1230. The molecule has 0 radical (unpaired) electrons. The SMILES string of the molecule is O=C(c1cccc(-n2cnnc2)c1)N1CCC[C@@H]1c1ccnc(-c2cccc(Cl)c2)n1. The predicted molar refractivity (Wildman–Crippen MR) is 117 cm³/mol. The minimum absolute atomic E-state index is 0.0136. The van der Waals surface area contributed by atoms with Crippen LogP contribution < -0.4 is 0 Å². The molecule has 0 aliphatic carbocycles. The van der Waals surface area contributed by atoms with Crippen molar-refractivity contribution in [2.24, 2.45) is 0 Å². The Labute approximate surface area is 184 Å². The molecule has 8 heteroatoms. The summed E-state index contributed by atoms with van der Waals surface area (Å²) in [6.07, 6.45) is 6.76. The monoisotopic (exact) mass is 430 g/mol. The Hall–Kier alpha value is -3.58. The fourth-order valence-electron chi connectivity index (χ4n) is 3.94. The van der Waals surface area contributed by atoms with E-state index < -0.39 is 0 Å². The number of carbonyl (C=O) groups is 1. The molecule has 0 N–H and O–H groups in total. The molecule has 5 rings (SSSR count). The molecule has 0 bridgehead atoms. The minimum Gasteiger partial charge on any atom is -0.330 e. The second-order valence-corrected chi connectivity index (χ2v) is 7.83. The molecule has 1 fully saturated rings. The van der Waals surface area contributed by atoms with Crippen molar-refractivity contribution in [2.75, 3.05) is 6.54 Å². The van der Waals surface area contributed by atoms with E-state index in [-0.39, 0.29) is 11.9 Å². The highest BCUT2D eigenvalue weighted by Crippen LogP contribution is 2.33. The average Bonchev–Trinajstić information content (AvgIpc) is 3.51. The molecule has 2 aromatic carbocycles. The van der Waals surface area contributed by atoms with Crippen LogP contribution in [-0.4, -0.2) is 42.1 Å². The first-order valence-electron chi connectivity index (χ1n) is 10.0. The third kappa shape index (κ3) is 3.92. The summed E-state index contributed by atoms with van der Waals surface area (Å²) in [6.45, 7) is 0.691. The van der Waals surface area contributed by atoms with Gasteiger partial charge in [-0.25, -0.2) is 9.97 Å². The van der Waals surface area contributed by atoms with Gasteiger partial charge >= 0.3 is 0 Å². The lowest BCUT2D eigenvalue weighted by Crippen LogP contribution is -2.31. The van der Waals surface area contributed by atoms with Gasteiger partial charge in [-0.2, -0.15) is 0 Å². The first kappa shape index (κ1) is 19.4. The Morgan fingerprint density at radius 2 is 1.87 bits per heavy atom. The number of hydrogen-bond acceptors (Lipinski definition) is 5. The van der Waals surface area contributed by atoms with E-state index >= 15 is 0 Å². The smallest absolute Gasteiger partial charge is 0.254 e. The fraction of sp³-hybridized carbons (Fsp3) is 0.174. The molecule has 31 heavy (non-hydrogen) atoms. The number of amides is 1. The van der Waals surface area contributed by atoms with Crippen LogP contribution in [0.1, 0.15) is 34.9 Å². The van der Waals surface area contributed by atoms with Gasteiger partial charge in [-0.05, 0) is 49.2 Å². The second-order valence-electron chi connectivity index (χ2n) is 7.39. The van der Waals surface area contributed by atoms with E-state index in [2.05, 4.69) is 15.2 Å². The van der Waals surface area contributed by atoms with Gasteiger partial charge in [0.15, 0.2) is 5.82 Å². The van der Waals surface area contributed by atoms with Crippen LogP contribution in [0.2, 0.25) is 5.02 Å². The van der Waals surface area contributed by atoms with Crippen molar-refractivity contribution in [3.05, 3.63) is 89.7 Å². The molecule has 0 saturated carbocycles. The van der Waals surface area contributed by atoms with Gasteiger partial charge in [0.1, 0.15) is 12.7 Å². The summed E-state index contributed by atoms with van der Waals surface area (Å²) < 4.78 is 1.78. The number of aromatic nitrogens is 5. The van der Waals surface area contributed by atoms with Gasteiger partial charge in [0.05, 0.1) is 11.7 Å². The summed E-state index contributed by atoms with van der Waals surface area (Å²) in [7, 11) is 0. The molecule has 154 valence electrons. The first-order chi connectivity index (χ1) is 15.2. The number of nitrogens with zero attached hydrogens (tertiary/aromatic N) is 6. The van der Waals surface area contributed by atoms with Crippen LogP contribution in [0.4, 0.5) is 0 Å². The summed E-state index contributed by atoms with van der Waals surface area (Å²) in [5.41, 5.74) is 3.16. The molecular formula is C23H19ClN6O. The maximum absolute atomic E-state index is 13.4. The van der Waals surface area contributed by atoms with Crippen LogP contribution in [-0.2, 0) is 0 Å². The number of halogens is 1. The summed E-state index contributed by atoms with van der Waals surface area (Å²) >= 11 is 6.13. The lowest BCUT2D eigenvalue weighted by atomic mass is 10.1. The van der Waals surface area contributed by atoms with E-state index in [1.54, 1.807) is 23.4 Å². The zero-order chi connectivity index (χ0) is 21.2. The molecule has 4 aromatic rings. The maximum atomic E-state index is 13.4. The van der Waals surface area contributed by atoms with Crippen molar-refractivity contribution in [2.45, 2.75) is 18.9 Å². The number of benzene rings is 2. The quantitative estimate of drug-likeness (QED) is 0.481. The number of rotatable bonds is 4. The van der Waals surface area contributed by atoms with Gasteiger partial charge in [-0.3, -0.25) is 9.36 Å². The Kier molecular flexibility index (Phi) is 5.18. The first-order valence-corrected chi connectivity index (χ1v) is 10.4. The molecule has 7 nitrogen and oxygen atoms in total. The van der Waals surface area contributed by atoms with Crippen LogP contribution >= 0.6 is 11.6 Å². The van der Waals surface area contributed by atoms with Crippen LogP contribution in [0.3, 0.4) is 0 Å². The second kappa shape index (κ2) is 8.28. The third-order valence-electron chi connectivity index (χ3n) is 5.43. The summed E-state index contributed by atoms with van der Waals surface area (Å²) in [6, 6.07) is 16.8. The Morgan fingerprint density at radius 1 is 1.03 bits per heavy atom. The van der Waals surface area contributed by atoms with Gasteiger partial charge < -0.3 is 4.90 Å². The highest BCUT2D eigenvalue weighted by molar-refractivity contribution is 6.30. The molecule has 1 atom stereocenters. The van der Waals surface area contributed by atoms with E-state index in [1.165, 1.54) is 0 Å². The highest BCUT2D eigenvalue weighted by atomic mass is 35.5. The summed E-state index contributed by atoms with van der Waals surface area (Å²) in [4.78, 5) is 24.4. The molecule has 1 aliphatic rings. The minimum atomic E-state index is -0.0907. The molecule has 2 aromatic heterocycles. The van der Waals surface area contributed by atoms with E-state index in [9.17, 15) is 4.79 Å². The topological polar surface area (TPSA) is 76.8 Å². The molecule has 3 heterocycles. The normalized spacial score (nSPS) is 15.9. The van der Waals surface area contributed by atoms with Gasteiger partial charge in [-0.15, -0.1) is 10.2 Å². The standard InChI is InChI=1S/C23H19ClN6O/c24-18-6-1-4-16(12-18)22-25-10-9-20(28-22)21-8-3-11-30(21)23(31)17-5-2-7-19(13-17)29-14-26-27-15-29/h1-2,4-7,9-10,12-15,21H,3,8,11H2/t21-/m1/s1. The maximum Gasteiger partial charge on any atom is 0.254 e. The van der Waals surface area contributed by atoms with Crippen molar-refractivity contribution in [1.82, 2.24) is 29.6 Å². The fourth-order valence-corrected chi connectivity index (χ4v) is 4.13. The van der Waals surface area contributed by atoms with Gasteiger partial charge in [0, 0.05) is 34.6 Å². The van der Waals surface area contributed by atoms with Crippen molar-refractivity contribution < 1.29 is 4.79 Å². The molecule has 1 amide bonds. The lowest BCUT2D eigenvalue weighted by Gasteiger charge is -2.25. The van der Waals surface area contributed by atoms with Crippen molar-refractivity contribution in [3.63, 3.8) is 0 Å². The third-order valence-corrected chi connectivity index (χ3v) is 5.66. The van der Waals surface area contributed by atoms with E-state index in [4.69, 9.17) is 16.6 Å². The predicted octanol–water partition coefficient (Wildman–Crippen LogP) is 4.36. The van der Waals surface area contributed by atoms with E-state index in [0.717, 1.165) is 29.8 Å². The van der Waals surface area contributed by atoms with Crippen LogP contribution in [0, 0.1) is 0 Å². The van der Waals surface area contributed by atoms with Crippen LogP contribution in [0.5, 0.6) is 0 Å². The Balaban J connectivity index is 1.43. The van der Waals surface area contributed by atoms with E-state index in [0.29, 0.717) is 23.0 Å². The zero-order valence-electron chi connectivity index (χ0n) is 16.6. The lowest BCUT2D eigenvalue weighted by molar-refractivity contribution is 0.0733. The van der Waals surface area contributed by atoms with Crippen LogP contribution in [0.25, 0.3) is 17.1 Å². The Morgan fingerprint density at radius 3 is 2.71 bits per heavy atom. The number of carbonyl (C=O) groups excluding carboxylic acids is 1. The molecule has 0 spiro atoms. The van der Waals surface area contributed by atoms with Crippen molar-refractivity contribution in [3.8, 4) is 17.1 Å². The zero-order valence-corrected chi connectivity index (χ0v) is 17.4. The van der Waals surface area contributed by atoms with Gasteiger partial charge in [-0.1, -0.05) is 29.8 Å². The van der Waals surface area contributed by atoms with Crippen molar-refractivity contribution in [1.29, 1.82) is 0 Å². The number of hydrogen-bond donors (Lipinski definition) is 0. The van der Waals surface area contributed by atoms with Gasteiger partial charge in [0.2, 0.25) is 0 Å². The van der Waals surface area contributed by atoms with Crippen molar-refractivity contribution >= 4 is 17.5 Å². The van der Waals surface area contributed by atoms with E-state index in [1.807, 2.05) is 59.5 Å². The largest absolute Gasteiger partial charge is 0.330 e. The molecule has 0 unspecified atom stereocenters. The molecule has 1 aliphatic heterocycles. The summed E-state index contributed by atoms with van der Waals surface area (Å²) in [5, 5.41) is 8.31.